The van der Waals surface area contributed by atoms with Crippen molar-refractivity contribution in [3.05, 3.63) is 0 Å². The van der Waals surface area contributed by atoms with Gasteiger partial charge in [-0.15, -0.1) is 47.5 Å². The van der Waals surface area contributed by atoms with Gasteiger partial charge in [-0.05, 0) is 115 Å². The van der Waals surface area contributed by atoms with Crippen LogP contribution >= 0.6 is 47.5 Å². The van der Waals surface area contributed by atoms with Gasteiger partial charge in [-0.2, -0.15) is 0 Å². The molecule has 0 rings (SSSR count). The molecule has 0 unspecified atom stereocenters. The van der Waals surface area contributed by atoms with E-state index < -0.39 is 0 Å². The summed E-state index contributed by atoms with van der Waals surface area (Å²) in [6.45, 7) is 19.8. The summed E-state index contributed by atoms with van der Waals surface area (Å²) in [5.41, 5.74) is 0. The van der Waals surface area contributed by atoms with E-state index in [0.717, 1.165) is 0 Å². The van der Waals surface area contributed by atoms with Crippen molar-refractivity contribution in [1.82, 2.24) is 0 Å². The van der Waals surface area contributed by atoms with Gasteiger partial charge in [0.05, 0.1) is 0 Å². The molecule has 0 aliphatic rings. The van der Waals surface area contributed by atoms with Crippen molar-refractivity contribution in [3.63, 3.8) is 0 Å². The highest BCUT2D eigenvalue weighted by Crippen LogP contribution is 2.48. The molecule has 0 bridgehead atoms. The number of hydrogen-bond donors (Lipinski definition) is 0. The Morgan fingerprint density at radius 3 is 0.625 bits per heavy atom. The van der Waals surface area contributed by atoms with Gasteiger partial charge in [0.25, 0.3) is 0 Å². The first kappa shape index (κ1) is 26.6. The van der Waals surface area contributed by atoms with Crippen LogP contribution in [0.4, 0.5) is 0 Å². The lowest BCUT2D eigenvalue weighted by Crippen LogP contribution is -2.07. The van der Waals surface area contributed by atoms with Gasteiger partial charge in [0.15, 0.2) is 0 Å². The molecule has 0 heterocycles. The Kier molecular flexibility index (Phi) is 18.3. The van der Waals surface area contributed by atoms with Crippen LogP contribution in [0.5, 0.6) is 0 Å². The minimum absolute atomic E-state index is 0.316. The second-order valence-corrected chi connectivity index (χ2v) is 23.7. The smallest absolute Gasteiger partial charge is 0.0286 e. The predicted octanol–water partition coefficient (Wildman–Crippen LogP) is 6.92. The van der Waals surface area contributed by atoms with Crippen LogP contribution in [0.1, 0.15) is 0 Å². The van der Waals surface area contributed by atoms with Crippen molar-refractivity contribution in [1.29, 1.82) is 0 Å². The second-order valence-electron chi connectivity index (χ2n) is 7.90. The summed E-state index contributed by atoms with van der Waals surface area (Å²) in [6.07, 6.45) is 15.7. The molecule has 0 aliphatic heterocycles. The van der Waals surface area contributed by atoms with Crippen LogP contribution < -0.4 is 0 Å². The van der Waals surface area contributed by atoms with E-state index in [1.807, 2.05) is 0 Å². The zero-order valence-electron chi connectivity index (χ0n) is 17.8. The van der Waals surface area contributed by atoms with Gasteiger partial charge in [-0.1, -0.05) is 0 Å². The zero-order valence-corrected chi connectivity index (χ0v) is 23.1. The van der Waals surface area contributed by atoms with E-state index in [0.29, 0.717) is 47.5 Å². The molecule has 0 nitrogen and oxygen atoms in total. The molecule has 0 atom stereocenters. The molecule has 0 amide bonds. The molecule has 0 saturated carbocycles. The highest BCUT2D eigenvalue weighted by molar-refractivity contribution is 7.65. The molecule has 0 fully saturated rings. The molecule has 146 valence electrons. The minimum Gasteiger partial charge on any atom is -0.113 e. The van der Waals surface area contributed by atoms with E-state index in [4.69, 9.17) is 0 Å². The van der Waals surface area contributed by atoms with E-state index in [1.165, 1.54) is 24.6 Å². The third kappa shape index (κ3) is 18.0. The van der Waals surface area contributed by atoms with Crippen LogP contribution in [0.25, 0.3) is 0 Å². The standard InChI is InChI=1S/C18H44P6/c1-19(2)9-13-23(14-10-20(3)4)17-18-24(15-11-21(5)6)16-12-22(7)8/h9-18H2,1-8H3. The molecular weight excluding hydrogens is 402 g/mol. The maximum absolute atomic E-state index is 2.47. The predicted molar refractivity (Wildman–Crippen MR) is 138 cm³/mol. The van der Waals surface area contributed by atoms with E-state index in [1.54, 1.807) is 37.0 Å². The molecule has 0 aliphatic carbocycles. The molecule has 24 heavy (non-hydrogen) atoms. The van der Waals surface area contributed by atoms with Crippen LogP contribution in [0, 0.1) is 0 Å². The summed E-state index contributed by atoms with van der Waals surface area (Å²) in [6, 6.07) is 0. The van der Waals surface area contributed by atoms with Crippen molar-refractivity contribution in [2.75, 3.05) is 115 Å². The number of rotatable bonds is 15. The monoisotopic (exact) mass is 446 g/mol. The van der Waals surface area contributed by atoms with E-state index in [2.05, 4.69) is 53.3 Å². The molecule has 0 spiro atoms. The first-order chi connectivity index (χ1) is 11.2. The second kappa shape index (κ2) is 16.5. The lowest BCUT2D eigenvalue weighted by molar-refractivity contribution is 1.32. The third-order valence-corrected chi connectivity index (χ3v) is 15.6. The van der Waals surface area contributed by atoms with E-state index in [-0.39, 0.29) is 0 Å². The van der Waals surface area contributed by atoms with Gasteiger partial charge >= 0.3 is 0 Å². The molecule has 0 saturated heterocycles. The summed E-state index contributed by atoms with van der Waals surface area (Å²) in [5, 5.41) is 0. The lowest BCUT2D eigenvalue weighted by atomic mass is 10.9. The number of hydrogen-bond acceptors (Lipinski definition) is 0. The van der Waals surface area contributed by atoms with Gasteiger partial charge in [-0.3, -0.25) is 0 Å². The Morgan fingerprint density at radius 1 is 0.292 bits per heavy atom. The van der Waals surface area contributed by atoms with Crippen LogP contribution in [0.3, 0.4) is 0 Å². The summed E-state index contributed by atoms with van der Waals surface area (Å²) >= 11 is 0. The van der Waals surface area contributed by atoms with Crippen LogP contribution in [0.2, 0.25) is 0 Å². The summed E-state index contributed by atoms with van der Waals surface area (Å²) in [5.74, 6) is 0. The van der Waals surface area contributed by atoms with Crippen LogP contribution in [-0.2, 0) is 0 Å². The van der Waals surface area contributed by atoms with Crippen molar-refractivity contribution in [2.45, 2.75) is 0 Å². The fourth-order valence-corrected chi connectivity index (χ4v) is 16.8. The fraction of sp³-hybridized carbons (Fsp3) is 1.00. The Hall–Kier alpha value is 2.58. The molecule has 0 radical (unpaired) electrons. The average Bonchev–Trinajstić information content (AvgIpc) is 2.47. The highest BCUT2D eigenvalue weighted by Gasteiger charge is 2.15. The van der Waals surface area contributed by atoms with E-state index >= 15 is 0 Å². The summed E-state index contributed by atoms with van der Waals surface area (Å²) in [7, 11) is 1.96. The van der Waals surface area contributed by atoms with Gasteiger partial charge in [0.2, 0.25) is 0 Å². The molecule has 6 heteroatoms. The molecule has 0 aromatic rings. The van der Waals surface area contributed by atoms with Gasteiger partial charge < -0.3 is 0 Å². The fourth-order valence-electron chi connectivity index (χ4n) is 2.32. The first-order valence-corrected chi connectivity index (χ1v) is 22.7. The minimum atomic E-state index is 0.316. The third-order valence-electron chi connectivity index (χ3n) is 4.19. The Labute approximate surface area is 162 Å². The zero-order chi connectivity index (χ0) is 18.5. The van der Waals surface area contributed by atoms with E-state index in [9.17, 15) is 0 Å². The highest BCUT2D eigenvalue weighted by atomic mass is 31.1. The van der Waals surface area contributed by atoms with Crippen LogP contribution in [-0.4, -0.2) is 115 Å². The summed E-state index contributed by atoms with van der Waals surface area (Å²) in [4.78, 5) is 0. The first-order valence-electron chi connectivity index (χ1n) is 9.24. The molecule has 0 N–H and O–H groups in total. The topological polar surface area (TPSA) is 0 Å². The van der Waals surface area contributed by atoms with Gasteiger partial charge in [0, 0.05) is 0 Å². The average molecular weight is 446 g/mol. The van der Waals surface area contributed by atoms with Crippen molar-refractivity contribution in [2.24, 2.45) is 0 Å². The Bertz CT molecular complexity index is 229. The Morgan fingerprint density at radius 2 is 0.458 bits per heavy atom. The van der Waals surface area contributed by atoms with Crippen molar-refractivity contribution < 1.29 is 0 Å². The molecule has 0 aromatic carbocycles. The van der Waals surface area contributed by atoms with Crippen molar-refractivity contribution >= 4 is 47.5 Å². The van der Waals surface area contributed by atoms with Crippen molar-refractivity contribution in [3.8, 4) is 0 Å². The van der Waals surface area contributed by atoms with Crippen LogP contribution in [0.15, 0.2) is 0 Å². The largest absolute Gasteiger partial charge is 0.113 e. The SMILES string of the molecule is CP(C)CCP(CCP(C)C)CCP(CCP(C)C)CCP(C)C. The Balaban J connectivity index is 4.43. The molecular formula is C18H44P6. The normalized spacial score (nSPS) is 12.8. The maximum atomic E-state index is 2.47. The summed E-state index contributed by atoms with van der Waals surface area (Å²) < 4.78 is 0. The maximum Gasteiger partial charge on any atom is -0.0286 e. The lowest BCUT2D eigenvalue weighted by Gasteiger charge is -2.25. The van der Waals surface area contributed by atoms with Gasteiger partial charge in [-0.25, -0.2) is 0 Å². The molecule has 0 aromatic heterocycles. The quantitative estimate of drug-likeness (QED) is 0.240. The van der Waals surface area contributed by atoms with Gasteiger partial charge in [0.1, 0.15) is 0 Å².